The van der Waals surface area contributed by atoms with Gasteiger partial charge in [-0.1, -0.05) is 26.0 Å². The van der Waals surface area contributed by atoms with E-state index in [9.17, 15) is 13.2 Å². The molecule has 1 aromatic rings. The van der Waals surface area contributed by atoms with Crippen molar-refractivity contribution in [3.8, 4) is 0 Å². The Hall–Kier alpha value is -1.44. The van der Waals surface area contributed by atoms with E-state index in [2.05, 4.69) is 23.9 Å². The Labute approximate surface area is 150 Å². The second-order valence-electron chi connectivity index (χ2n) is 7.17. The summed E-state index contributed by atoms with van der Waals surface area (Å²) in [4.78, 5) is 12.3. The lowest BCUT2D eigenvalue weighted by atomic mass is 10.0. The number of aryl methyl sites for hydroxylation is 1. The Morgan fingerprint density at radius 2 is 1.88 bits per heavy atom. The first-order valence-electron chi connectivity index (χ1n) is 8.91. The zero-order chi connectivity index (χ0) is 18.4. The van der Waals surface area contributed by atoms with Crippen LogP contribution in [0.3, 0.4) is 0 Å². The molecule has 1 saturated carbocycles. The zero-order valence-electron chi connectivity index (χ0n) is 15.0. The van der Waals surface area contributed by atoms with Gasteiger partial charge in [-0.25, -0.2) is 13.1 Å². The number of hydrogen-bond acceptors (Lipinski definition) is 4. The third kappa shape index (κ3) is 6.76. The summed E-state index contributed by atoms with van der Waals surface area (Å²) in [6.45, 7) is 4.63. The van der Waals surface area contributed by atoms with Crippen molar-refractivity contribution >= 4 is 15.9 Å². The first-order chi connectivity index (χ1) is 11.8. The number of nitrogens with one attached hydrogen (secondary N) is 2. The van der Waals surface area contributed by atoms with Gasteiger partial charge in [0, 0.05) is 25.0 Å². The Balaban J connectivity index is 1.83. The van der Waals surface area contributed by atoms with Crippen LogP contribution < -0.4 is 15.8 Å². The molecule has 0 aromatic heterocycles. The molecule has 7 heteroatoms. The highest BCUT2D eigenvalue weighted by Gasteiger charge is 2.27. The summed E-state index contributed by atoms with van der Waals surface area (Å²) >= 11 is 0. The van der Waals surface area contributed by atoms with E-state index in [1.807, 2.05) is 0 Å². The highest BCUT2D eigenvalue weighted by molar-refractivity contribution is 7.89. The molecule has 140 valence electrons. The molecule has 0 saturated heterocycles. The SMILES string of the molecule is CC(C)CC(CN)NC(=O)CCc1ccc(S(=O)(=O)NC2CC2)cc1. The number of hydrogen-bond donors (Lipinski definition) is 3. The molecule has 6 nitrogen and oxygen atoms in total. The van der Waals surface area contributed by atoms with Crippen molar-refractivity contribution in [3.05, 3.63) is 29.8 Å². The molecule has 1 amide bonds. The van der Waals surface area contributed by atoms with Gasteiger partial charge in [-0.05, 0) is 49.3 Å². The standard InChI is InChI=1S/C18H29N3O3S/c1-13(2)11-16(12-19)20-18(22)10-5-14-3-8-17(9-4-14)25(23,24)21-15-6-7-15/h3-4,8-9,13,15-16,21H,5-7,10-12,19H2,1-2H3,(H,20,22). The second kappa shape index (κ2) is 8.78. The van der Waals surface area contributed by atoms with Gasteiger partial charge < -0.3 is 11.1 Å². The van der Waals surface area contributed by atoms with E-state index in [4.69, 9.17) is 5.73 Å². The summed E-state index contributed by atoms with van der Waals surface area (Å²) in [5, 5.41) is 2.96. The largest absolute Gasteiger partial charge is 0.352 e. The lowest BCUT2D eigenvalue weighted by molar-refractivity contribution is -0.121. The van der Waals surface area contributed by atoms with Gasteiger partial charge in [-0.3, -0.25) is 4.79 Å². The highest BCUT2D eigenvalue weighted by atomic mass is 32.2. The number of rotatable bonds is 10. The fourth-order valence-corrected chi connectivity index (χ4v) is 3.97. The monoisotopic (exact) mass is 367 g/mol. The summed E-state index contributed by atoms with van der Waals surface area (Å²) < 4.78 is 26.9. The highest BCUT2D eigenvalue weighted by Crippen LogP contribution is 2.22. The molecule has 1 aliphatic rings. The van der Waals surface area contributed by atoms with Crippen molar-refractivity contribution in [3.63, 3.8) is 0 Å². The summed E-state index contributed by atoms with van der Waals surface area (Å²) in [5.74, 6) is 0.454. The number of nitrogens with two attached hydrogens (primary N) is 1. The number of carbonyl (C=O) groups is 1. The fraction of sp³-hybridized carbons (Fsp3) is 0.611. The van der Waals surface area contributed by atoms with E-state index in [-0.39, 0.29) is 22.9 Å². The van der Waals surface area contributed by atoms with Crippen LogP contribution in [-0.4, -0.2) is 33.0 Å². The zero-order valence-corrected chi connectivity index (χ0v) is 15.8. The van der Waals surface area contributed by atoms with Crippen LogP contribution in [0.25, 0.3) is 0 Å². The molecule has 0 spiro atoms. The second-order valence-corrected chi connectivity index (χ2v) is 8.88. The molecule has 1 fully saturated rings. The van der Waals surface area contributed by atoms with Gasteiger partial charge in [-0.2, -0.15) is 0 Å². The minimum absolute atomic E-state index is 0.00789. The predicted molar refractivity (Wildman–Crippen MR) is 98.5 cm³/mol. The third-order valence-corrected chi connectivity index (χ3v) is 5.72. The van der Waals surface area contributed by atoms with Crippen molar-refractivity contribution in [1.82, 2.24) is 10.0 Å². The smallest absolute Gasteiger partial charge is 0.240 e. The van der Waals surface area contributed by atoms with E-state index in [1.54, 1.807) is 24.3 Å². The Bertz CT molecular complexity index is 667. The summed E-state index contributed by atoms with van der Waals surface area (Å²) in [6, 6.07) is 6.83. The first kappa shape index (κ1) is 19.9. The van der Waals surface area contributed by atoms with E-state index >= 15 is 0 Å². The molecular weight excluding hydrogens is 338 g/mol. The lowest BCUT2D eigenvalue weighted by Crippen LogP contribution is -2.41. The molecule has 1 atom stereocenters. The van der Waals surface area contributed by atoms with Gasteiger partial charge in [0.2, 0.25) is 15.9 Å². The maximum absolute atomic E-state index is 12.1. The summed E-state index contributed by atoms with van der Waals surface area (Å²) in [6.07, 6.45) is 3.62. The van der Waals surface area contributed by atoms with Gasteiger partial charge in [0.1, 0.15) is 0 Å². The maximum Gasteiger partial charge on any atom is 0.240 e. The summed E-state index contributed by atoms with van der Waals surface area (Å²) in [5.41, 5.74) is 6.63. The van der Waals surface area contributed by atoms with Crippen LogP contribution in [0.4, 0.5) is 0 Å². The number of carbonyl (C=O) groups excluding carboxylic acids is 1. The summed E-state index contributed by atoms with van der Waals surface area (Å²) in [7, 11) is -3.42. The van der Waals surface area contributed by atoms with E-state index in [0.717, 1.165) is 24.8 Å². The van der Waals surface area contributed by atoms with Crippen LogP contribution in [0.1, 0.15) is 45.1 Å². The first-order valence-corrected chi connectivity index (χ1v) is 10.4. The number of benzene rings is 1. The van der Waals surface area contributed by atoms with Gasteiger partial charge >= 0.3 is 0 Å². The van der Waals surface area contributed by atoms with Crippen LogP contribution in [0.2, 0.25) is 0 Å². The molecule has 0 aliphatic heterocycles. The molecule has 4 N–H and O–H groups in total. The molecule has 0 bridgehead atoms. The van der Waals surface area contributed by atoms with Crippen molar-refractivity contribution in [1.29, 1.82) is 0 Å². The van der Waals surface area contributed by atoms with Crippen LogP contribution in [0, 0.1) is 5.92 Å². The molecule has 0 heterocycles. The Morgan fingerprint density at radius 3 is 2.40 bits per heavy atom. The van der Waals surface area contributed by atoms with Crippen molar-refractivity contribution in [2.75, 3.05) is 6.54 Å². The predicted octanol–water partition coefficient (Wildman–Crippen LogP) is 1.55. The molecule has 0 radical (unpaired) electrons. The van der Waals surface area contributed by atoms with Crippen molar-refractivity contribution < 1.29 is 13.2 Å². The molecule has 1 unspecified atom stereocenters. The molecule has 2 rings (SSSR count). The fourth-order valence-electron chi connectivity index (χ4n) is 2.66. The Kier molecular flexibility index (Phi) is 6.98. The minimum atomic E-state index is -3.42. The maximum atomic E-state index is 12.1. The molecular formula is C18H29N3O3S. The van der Waals surface area contributed by atoms with E-state index in [1.165, 1.54) is 0 Å². The normalized spacial score (nSPS) is 16.0. The minimum Gasteiger partial charge on any atom is -0.352 e. The number of sulfonamides is 1. The van der Waals surface area contributed by atoms with Gasteiger partial charge in [-0.15, -0.1) is 0 Å². The van der Waals surface area contributed by atoms with Gasteiger partial charge in [0.05, 0.1) is 4.90 Å². The van der Waals surface area contributed by atoms with Crippen LogP contribution in [0.15, 0.2) is 29.2 Å². The van der Waals surface area contributed by atoms with Gasteiger partial charge in [0.25, 0.3) is 0 Å². The molecule has 25 heavy (non-hydrogen) atoms. The average Bonchev–Trinajstić information content (AvgIpc) is 3.35. The van der Waals surface area contributed by atoms with Crippen molar-refractivity contribution in [2.45, 2.75) is 62.9 Å². The number of amides is 1. The Morgan fingerprint density at radius 1 is 1.24 bits per heavy atom. The molecule has 1 aromatic carbocycles. The van der Waals surface area contributed by atoms with Crippen molar-refractivity contribution in [2.24, 2.45) is 11.7 Å². The average molecular weight is 368 g/mol. The van der Waals surface area contributed by atoms with E-state index < -0.39 is 10.0 Å². The van der Waals surface area contributed by atoms with Gasteiger partial charge in [0.15, 0.2) is 0 Å². The van der Waals surface area contributed by atoms with Crippen LogP contribution in [-0.2, 0) is 21.2 Å². The van der Waals surface area contributed by atoms with E-state index in [0.29, 0.717) is 25.3 Å². The lowest BCUT2D eigenvalue weighted by Gasteiger charge is -2.18. The van der Waals surface area contributed by atoms with Crippen LogP contribution >= 0.6 is 0 Å². The quantitative estimate of drug-likeness (QED) is 0.584. The topological polar surface area (TPSA) is 101 Å². The third-order valence-electron chi connectivity index (χ3n) is 4.18. The molecule has 1 aliphatic carbocycles. The van der Waals surface area contributed by atoms with Crippen LogP contribution in [0.5, 0.6) is 0 Å².